The van der Waals surface area contributed by atoms with E-state index in [0.29, 0.717) is 4.88 Å². The maximum Gasteiger partial charge on any atom is 0.407 e. The fourth-order valence-corrected chi connectivity index (χ4v) is 5.52. The van der Waals surface area contributed by atoms with Gasteiger partial charge in [-0.3, -0.25) is 4.98 Å². The van der Waals surface area contributed by atoms with Gasteiger partial charge in [0.1, 0.15) is 4.21 Å². The largest absolute Gasteiger partial charge is 0.465 e. The molecule has 1 amide bonds. The first kappa shape index (κ1) is 18.9. The smallest absolute Gasteiger partial charge is 0.407 e. The number of thiophene rings is 1. The molecule has 7 nitrogen and oxygen atoms in total. The average molecular weight is 407 g/mol. The summed E-state index contributed by atoms with van der Waals surface area (Å²) in [6, 6.07) is 7.29. The summed E-state index contributed by atoms with van der Waals surface area (Å²) in [4.78, 5) is 19.9. The van der Waals surface area contributed by atoms with E-state index < -0.39 is 21.9 Å². The minimum Gasteiger partial charge on any atom is -0.465 e. The third-order valence-electron chi connectivity index (χ3n) is 3.71. The Labute approximate surface area is 158 Å². The van der Waals surface area contributed by atoms with Crippen molar-refractivity contribution < 1.29 is 22.7 Å². The molecular weight excluding hydrogens is 393 g/mol. The molecule has 3 aromatic rings. The van der Waals surface area contributed by atoms with Crippen LogP contribution in [0.2, 0.25) is 0 Å². The highest BCUT2D eigenvalue weighted by atomic mass is 32.2. The van der Waals surface area contributed by atoms with E-state index in [1.165, 1.54) is 56.0 Å². The fraction of sp³-hybridized carbons (Fsp3) is 0.118. The lowest BCUT2D eigenvalue weighted by Crippen LogP contribution is -2.23. The number of hydrogen-bond donors (Lipinski definition) is 1. The third-order valence-corrected chi connectivity index (χ3v) is 7.10. The number of carboxylic acid groups (broad SMARTS) is 1. The Balaban J connectivity index is 2.18. The number of rotatable bonds is 5. The summed E-state index contributed by atoms with van der Waals surface area (Å²) in [7, 11) is -2.61. The van der Waals surface area contributed by atoms with E-state index in [0.717, 1.165) is 16.2 Å². The minimum absolute atomic E-state index is 0.0282. The monoisotopic (exact) mass is 407 g/mol. The molecule has 0 atom stereocenters. The van der Waals surface area contributed by atoms with E-state index in [4.69, 9.17) is 5.11 Å². The summed E-state index contributed by atoms with van der Waals surface area (Å²) in [5.41, 5.74) is 0.170. The van der Waals surface area contributed by atoms with Crippen molar-refractivity contribution in [1.29, 1.82) is 0 Å². The molecular formula is C17H14FN3O4S2. The first-order valence-electron chi connectivity index (χ1n) is 7.63. The van der Waals surface area contributed by atoms with E-state index in [2.05, 4.69) is 9.97 Å². The van der Waals surface area contributed by atoms with E-state index in [1.54, 1.807) is 0 Å². The Morgan fingerprint density at radius 1 is 1.26 bits per heavy atom. The fourth-order valence-electron chi connectivity index (χ4n) is 2.39. The molecule has 0 saturated carbocycles. The van der Waals surface area contributed by atoms with Crippen LogP contribution in [0.4, 0.5) is 9.18 Å². The number of nitrogens with zero attached hydrogens (tertiary/aromatic N) is 3. The van der Waals surface area contributed by atoms with E-state index in [9.17, 15) is 17.6 Å². The van der Waals surface area contributed by atoms with Crippen LogP contribution in [-0.2, 0) is 16.4 Å². The molecule has 140 valence electrons. The Bertz CT molecular complexity index is 1080. The Hall–Kier alpha value is -2.85. The van der Waals surface area contributed by atoms with Crippen LogP contribution in [0.1, 0.15) is 4.88 Å². The minimum atomic E-state index is -3.97. The van der Waals surface area contributed by atoms with Gasteiger partial charge in [0.2, 0.25) is 15.8 Å². The first-order valence-corrected chi connectivity index (χ1v) is 9.93. The number of aromatic nitrogens is 2. The molecule has 3 aromatic heterocycles. The highest BCUT2D eigenvalue weighted by molar-refractivity contribution is 7.93. The Morgan fingerprint density at radius 3 is 2.63 bits per heavy atom. The van der Waals surface area contributed by atoms with Crippen LogP contribution in [0, 0.1) is 5.95 Å². The number of carbonyl (C=O) groups is 1. The molecule has 0 radical (unpaired) electrons. The normalized spacial score (nSPS) is 11.3. The predicted octanol–water partition coefficient (Wildman–Crippen LogP) is 3.29. The Kier molecular flexibility index (Phi) is 5.19. The molecule has 0 aliphatic rings. The van der Waals surface area contributed by atoms with Crippen molar-refractivity contribution in [1.82, 2.24) is 14.9 Å². The zero-order chi connectivity index (χ0) is 19.6. The van der Waals surface area contributed by atoms with Gasteiger partial charge in [-0.1, -0.05) is 0 Å². The van der Waals surface area contributed by atoms with Crippen molar-refractivity contribution >= 4 is 27.3 Å². The lowest BCUT2D eigenvalue weighted by molar-refractivity contribution is 0.154. The molecule has 0 aliphatic carbocycles. The molecule has 1 N–H and O–H groups in total. The van der Waals surface area contributed by atoms with Gasteiger partial charge in [-0.25, -0.2) is 18.2 Å². The number of sulfone groups is 1. The van der Waals surface area contributed by atoms with Crippen molar-refractivity contribution in [2.45, 2.75) is 15.6 Å². The second kappa shape index (κ2) is 7.41. The number of amides is 1. The van der Waals surface area contributed by atoms with Crippen molar-refractivity contribution in [3.8, 4) is 11.1 Å². The summed E-state index contributed by atoms with van der Waals surface area (Å²) in [5, 5.41) is 9.05. The van der Waals surface area contributed by atoms with Crippen LogP contribution in [-0.4, -0.2) is 41.5 Å². The van der Waals surface area contributed by atoms with Crippen molar-refractivity contribution in [2.75, 3.05) is 7.05 Å². The van der Waals surface area contributed by atoms with Gasteiger partial charge in [0.05, 0.1) is 11.4 Å². The lowest BCUT2D eigenvalue weighted by Gasteiger charge is -2.10. The second-order valence-electron chi connectivity index (χ2n) is 5.59. The van der Waals surface area contributed by atoms with Crippen LogP contribution >= 0.6 is 11.3 Å². The summed E-state index contributed by atoms with van der Waals surface area (Å²) in [6.45, 7) is -0.0303. The molecule has 0 aromatic carbocycles. The molecule has 0 unspecified atom stereocenters. The number of halogens is 1. The van der Waals surface area contributed by atoms with E-state index >= 15 is 0 Å². The summed E-state index contributed by atoms with van der Waals surface area (Å²) in [6.07, 6.45) is 2.76. The zero-order valence-corrected chi connectivity index (χ0v) is 15.7. The summed E-state index contributed by atoms with van der Waals surface area (Å²) >= 11 is 0.895. The number of pyridine rings is 2. The zero-order valence-electron chi connectivity index (χ0n) is 14.0. The molecule has 27 heavy (non-hydrogen) atoms. The summed E-state index contributed by atoms with van der Waals surface area (Å²) in [5.74, 6) is -0.809. The van der Waals surface area contributed by atoms with Crippen LogP contribution in [0.25, 0.3) is 11.1 Å². The highest BCUT2D eigenvalue weighted by Gasteiger charge is 2.27. The molecule has 10 heteroatoms. The van der Waals surface area contributed by atoms with Gasteiger partial charge in [-0.2, -0.15) is 4.39 Å². The first-order chi connectivity index (χ1) is 12.8. The quantitative estimate of drug-likeness (QED) is 0.652. The van der Waals surface area contributed by atoms with Gasteiger partial charge >= 0.3 is 6.09 Å². The average Bonchev–Trinajstić information content (AvgIpc) is 3.07. The molecule has 0 aliphatic heterocycles. The van der Waals surface area contributed by atoms with Crippen molar-refractivity contribution in [3.05, 3.63) is 59.7 Å². The van der Waals surface area contributed by atoms with Crippen molar-refractivity contribution in [2.24, 2.45) is 0 Å². The standard InChI is InChI=1S/C17H14FN3O4S2/c1-21(17(22)23)10-11-8-14(13-5-3-7-20-15(13)18)16(26-11)27(24,25)12-4-2-6-19-9-12/h2-9H,10H2,1H3,(H,22,23). The van der Waals surface area contributed by atoms with Gasteiger partial charge in [-0.15, -0.1) is 11.3 Å². The topological polar surface area (TPSA) is 100 Å². The van der Waals surface area contributed by atoms with E-state index in [1.807, 2.05) is 0 Å². The molecule has 0 saturated heterocycles. The van der Waals surface area contributed by atoms with E-state index in [-0.39, 0.29) is 26.8 Å². The van der Waals surface area contributed by atoms with Crippen LogP contribution in [0.15, 0.2) is 58.0 Å². The van der Waals surface area contributed by atoms with Crippen LogP contribution < -0.4 is 0 Å². The number of hydrogen-bond acceptors (Lipinski definition) is 6. The molecule has 0 bridgehead atoms. The van der Waals surface area contributed by atoms with Gasteiger partial charge in [-0.05, 0) is 30.3 Å². The lowest BCUT2D eigenvalue weighted by atomic mass is 10.1. The maximum absolute atomic E-state index is 14.2. The van der Waals surface area contributed by atoms with Gasteiger partial charge in [0.15, 0.2) is 0 Å². The van der Waals surface area contributed by atoms with Gasteiger partial charge in [0.25, 0.3) is 0 Å². The Morgan fingerprint density at radius 2 is 2.00 bits per heavy atom. The molecule has 3 rings (SSSR count). The summed E-state index contributed by atoms with van der Waals surface area (Å²) < 4.78 is 40.3. The van der Waals surface area contributed by atoms with Crippen molar-refractivity contribution in [3.63, 3.8) is 0 Å². The predicted molar refractivity (Wildman–Crippen MR) is 96.7 cm³/mol. The molecule has 0 fully saturated rings. The SMILES string of the molecule is CN(Cc1cc(-c2cccnc2F)c(S(=O)(=O)c2cccnc2)s1)C(=O)O. The van der Waals surface area contributed by atoms with Crippen LogP contribution in [0.3, 0.4) is 0 Å². The van der Waals surface area contributed by atoms with Gasteiger partial charge in [0, 0.05) is 41.6 Å². The highest BCUT2D eigenvalue weighted by Crippen LogP contribution is 2.39. The second-order valence-corrected chi connectivity index (χ2v) is 8.87. The van der Waals surface area contributed by atoms with Crippen LogP contribution in [0.5, 0.6) is 0 Å². The molecule has 3 heterocycles. The third kappa shape index (κ3) is 3.81. The maximum atomic E-state index is 14.2. The van der Waals surface area contributed by atoms with Gasteiger partial charge < -0.3 is 10.0 Å². The molecule has 0 spiro atoms.